The maximum absolute atomic E-state index is 13.2. The van der Waals surface area contributed by atoms with Crippen molar-refractivity contribution in [3.8, 4) is 11.5 Å². The summed E-state index contributed by atoms with van der Waals surface area (Å²) in [5.74, 6) is 0.318. The van der Waals surface area contributed by atoms with Crippen LogP contribution in [0.4, 0.5) is 10.1 Å². The Morgan fingerprint density at radius 1 is 1.14 bits per heavy atom. The van der Waals surface area contributed by atoms with E-state index in [1.807, 2.05) is 13.0 Å². The van der Waals surface area contributed by atoms with Crippen LogP contribution in [0.2, 0.25) is 0 Å². The molecule has 1 N–H and O–H groups in total. The van der Waals surface area contributed by atoms with E-state index >= 15 is 0 Å². The van der Waals surface area contributed by atoms with E-state index in [2.05, 4.69) is 5.32 Å². The lowest BCUT2D eigenvalue weighted by atomic mass is 10.2. The molecule has 0 fully saturated rings. The van der Waals surface area contributed by atoms with Gasteiger partial charge in [-0.15, -0.1) is 0 Å². The molecule has 2 aromatic rings. The zero-order valence-electron chi connectivity index (χ0n) is 12.6. The minimum absolute atomic E-state index is 0.181. The average Bonchev–Trinajstić information content (AvgIpc) is 2.50. The molecule has 5 heteroatoms. The quantitative estimate of drug-likeness (QED) is 0.887. The normalized spacial score (nSPS) is 10.1. The highest BCUT2D eigenvalue weighted by Crippen LogP contribution is 2.26. The van der Waals surface area contributed by atoms with Crippen molar-refractivity contribution in [3.63, 3.8) is 0 Å². The Bertz CT molecular complexity index is 658. The number of hydrogen-bond donors (Lipinski definition) is 1. The van der Waals surface area contributed by atoms with Gasteiger partial charge in [0.05, 0.1) is 6.61 Å². The predicted molar refractivity (Wildman–Crippen MR) is 82.9 cm³/mol. The molecule has 0 spiro atoms. The number of hydrogen-bond acceptors (Lipinski definition) is 3. The Labute approximate surface area is 128 Å². The second-order valence-corrected chi connectivity index (χ2v) is 4.68. The molecule has 0 unspecified atom stereocenters. The van der Waals surface area contributed by atoms with E-state index in [1.54, 1.807) is 31.2 Å². The summed E-state index contributed by atoms with van der Waals surface area (Å²) in [4.78, 5) is 11.9. The Morgan fingerprint density at radius 3 is 2.50 bits per heavy atom. The highest BCUT2D eigenvalue weighted by Gasteiger charge is 2.09. The van der Waals surface area contributed by atoms with Gasteiger partial charge in [0.1, 0.15) is 5.82 Å². The maximum Gasteiger partial charge on any atom is 0.262 e. The number of carbonyl (C=O) groups is 1. The topological polar surface area (TPSA) is 47.6 Å². The molecule has 2 rings (SSSR count). The number of rotatable bonds is 6. The molecule has 0 aliphatic heterocycles. The van der Waals surface area contributed by atoms with Gasteiger partial charge in [0.2, 0.25) is 0 Å². The number of benzene rings is 2. The number of anilines is 1. The van der Waals surface area contributed by atoms with Crippen LogP contribution in [0.3, 0.4) is 0 Å². The smallest absolute Gasteiger partial charge is 0.262 e. The number of halogens is 1. The highest BCUT2D eigenvalue weighted by molar-refractivity contribution is 5.92. The fourth-order valence-electron chi connectivity index (χ4n) is 1.90. The summed E-state index contributed by atoms with van der Waals surface area (Å²) in [6, 6.07) is 11.4. The fraction of sp³-hybridized carbons (Fsp3) is 0.235. The SMILES string of the molecule is CCOc1ccccc1OCC(=O)Nc1cc(F)ccc1C. The summed E-state index contributed by atoms with van der Waals surface area (Å²) in [6.07, 6.45) is 0. The Morgan fingerprint density at radius 2 is 1.82 bits per heavy atom. The summed E-state index contributed by atoms with van der Waals surface area (Å²) in [7, 11) is 0. The van der Waals surface area contributed by atoms with E-state index in [4.69, 9.17) is 9.47 Å². The molecule has 0 aliphatic rings. The van der Waals surface area contributed by atoms with Gasteiger partial charge in [-0.05, 0) is 43.7 Å². The van der Waals surface area contributed by atoms with Crippen LogP contribution in [-0.2, 0) is 4.79 Å². The number of carbonyl (C=O) groups excluding carboxylic acids is 1. The number of para-hydroxylation sites is 2. The lowest BCUT2D eigenvalue weighted by Gasteiger charge is -2.12. The van der Waals surface area contributed by atoms with Crippen LogP contribution < -0.4 is 14.8 Å². The van der Waals surface area contributed by atoms with Gasteiger partial charge in [-0.1, -0.05) is 18.2 Å². The first-order valence-electron chi connectivity index (χ1n) is 7.00. The molecule has 4 nitrogen and oxygen atoms in total. The zero-order chi connectivity index (χ0) is 15.9. The molecule has 0 aliphatic carbocycles. The number of nitrogens with one attached hydrogen (secondary N) is 1. The van der Waals surface area contributed by atoms with E-state index in [-0.39, 0.29) is 12.5 Å². The molecule has 0 heterocycles. The van der Waals surface area contributed by atoms with Crippen LogP contribution in [0.25, 0.3) is 0 Å². The first kappa shape index (κ1) is 15.8. The van der Waals surface area contributed by atoms with E-state index in [0.29, 0.717) is 23.8 Å². The average molecular weight is 303 g/mol. The van der Waals surface area contributed by atoms with Crippen molar-refractivity contribution >= 4 is 11.6 Å². The van der Waals surface area contributed by atoms with Gasteiger partial charge in [-0.3, -0.25) is 4.79 Å². The molecule has 0 bridgehead atoms. The van der Waals surface area contributed by atoms with Crippen molar-refractivity contribution < 1.29 is 18.7 Å². The molecular formula is C17H18FNO3. The summed E-state index contributed by atoms with van der Waals surface area (Å²) in [5, 5.41) is 2.63. The molecule has 116 valence electrons. The van der Waals surface area contributed by atoms with Gasteiger partial charge in [0, 0.05) is 5.69 Å². The summed E-state index contributed by atoms with van der Waals surface area (Å²) < 4.78 is 24.1. The van der Waals surface area contributed by atoms with Crippen molar-refractivity contribution in [2.45, 2.75) is 13.8 Å². The molecule has 22 heavy (non-hydrogen) atoms. The second kappa shape index (κ2) is 7.45. The zero-order valence-corrected chi connectivity index (χ0v) is 12.6. The third-order valence-corrected chi connectivity index (χ3v) is 2.98. The predicted octanol–water partition coefficient (Wildman–Crippen LogP) is 3.55. The molecule has 0 aromatic heterocycles. The van der Waals surface area contributed by atoms with Crippen LogP contribution in [0.1, 0.15) is 12.5 Å². The van der Waals surface area contributed by atoms with E-state index in [9.17, 15) is 9.18 Å². The van der Waals surface area contributed by atoms with Gasteiger partial charge < -0.3 is 14.8 Å². The van der Waals surface area contributed by atoms with Gasteiger partial charge in [0.15, 0.2) is 18.1 Å². The van der Waals surface area contributed by atoms with Crippen molar-refractivity contribution in [1.82, 2.24) is 0 Å². The first-order chi connectivity index (χ1) is 10.6. The number of aryl methyl sites for hydroxylation is 1. The van der Waals surface area contributed by atoms with Crippen molar-refractivity contribution in [2.24, 2.45) is 0 Å². The molecule has 0 saturated heterocycles. The van der Waals surface area contributed by atoms with Gasteiger partial charge in [-0.2, -0.15) is 0 Å². The Hall–Kier alpha value is -2.56. The second-order valence-electron chi connectivity index (χ2n) is 4.68. The van der Waals surface area contributed by atoms with Crippen LogP contribution in [-0.4, -0.2) is 19.1 Å². The Kier molecular flexibility index (Phi) is 5.36. The standard InChI is InChI=1S/C17H18FNO3/c1-3-21-15-6-4-5-7-16(15)22-11-17(20)19-14-10-13(18)9-8-12(14)2/h4-10H,3,11H2,1-2H3,(H,19,20). The van der Waals surface area contributed by atoms with Gasteiger partial charge >= 0.3 is 0 Å². The van der Waals surface area contributed by atoms with Crippen molar-refractivity contribution in [2.75, 3.05) is 18.5 Å². The minimum Gasteiger partial charge on any atom is -0.490 e. The van der Waals surface area contributed by atoms with E-state index in [0.717, 1.165) is 5.56 Å². The van der Waals surface area contributed by atoms with Gasteiger partial charge in [-0.25, -0.2) is 4.39 Å². The van der Waals surface area contributed by atoms with Crippen LogP contribution >= 0.6 is 0 Å². The van der Waals surface area contributed by atoms with Gasteiger partial charge in [0.25, 0.3) is 5.91 Å². The molecule has 0 radical (unpaired) electrons. The van der Waals surface area contributed by atoms with Crippen LogP contribution in [0.5, 0.6) is 11.5 Å². The fourth-order valence-corrected chi connectivity index (χ4v) is 1.90. The Balaban J connectivity index is 1.97. The van der Waals surface area contributed by atoms with E-state index in [1.165, 1.54) is 12.1 Å². The summed E-state index contributed by atoms with van der Waals surface area (Å²) in [5.41, 5.74) is 1.22. The molecule has 0 saturated carbocycles. The minimum atomic E-state index is -0.400. The summed E-state index contributed by atoms with van der Waals surface area (Å²) >= 11 is 0. The maximum atomic E-state index is 13.2. The lowest BCUT2D eigenvalue weighted by molar-refractivity contribution is -0.118. The van der Waals surface area contributed by atoms with Crippen molar-refractivity contribution in [3.05, 3.63) is 53.8 Å². The lowest BCUT2D eigenvalue weighted by Crippen LogP contribution is -2.21. The molecular weight excluding hydrogens is 285 g/mol. The van der Waals surface area contributed by atoms with Crippen molar-refractivity contribution in [1.29, 1.82) is 0 Å². The molecule has 2 aromatic carbocycles. The molecule has 0 atom stereocenters. The highest BCUT2D eigenvalue weighted by atomic mass is 19.1. The third-order valence-electron chi connectivity index (χ3n) is 2.98. The first-order valence-corrected chi connectivity index (χ1v) is 7.00. The number of ether oxygens (including phenoxy) is 2. The van der Waals surface area contributed by atoms with Crippen LogP contribution in [0, 0.1) is 12.7 Å². The van der Waals surface area contributed by atoms with Crippen LogP contribution in [0.15, 0.2) is 42.5 Å². The molecule has 1 amide bonds. The monoisotopic (exact) mass is 303 g/mol. The third kappa shape index (κ3) is 4.22. The van der Waals surface area contributed by atoms with E-state index < -0.39 is 5.82 Å². The summed E-state index contributed by atoms with van der Waals surface area (Å²) in [6.45, 7) is 3.99. The largest absolute Gasteiger partial charge is 0.490 e. The number of amides is 1.